The molecule has 3 nitrogen and oxygen atoms in total. The lowest BCUT2D eigenvalue weighted by Crippen LogP contribution is -2.15. The molecule has 3 heteroatoms. The van der Waals surface area contributed by atoms with Gasteiger partial charge < -0.3 is 9.88 Å². The maximum atomic E-state index is 4.67. The van der Waals surface area contributed by atoms with Crippen LogP contribution in [-0.2, 0) is 0 Å². The molecule has 0 bridgehead atoms. The summed E-state index contributed by atoms with van der Waals surface area (Å²) in [6.45, 7) is 5.27. The quantitative estimate of drug-likeness (QED) is 0.874. The molecule has 0 saturated heterocycles. The summed E-state index contributed by atoms with van der Waals surface area (Å²) in [4.78, 5) is 4.67. The molecule has 1 fully saturated rings. The molecule has 0 aliphatic heterocycles. The van der Waals surface area contributed by atoms with Crippen molar-refractivity contribution in [1.29, 1.82) is 0 Å². The first kappa shape index (κ1) is 14.2. The predicted octanol–water partition coefficient (Wildman–Crippen LogP) is 4.52. The molecule has 21 heavy (non-hydrogen) atoms. The van der Waals surface area contributed by atoms with Crippen molar-refractivity contribution in [3.8, 4) is 0 Å². The van der Waals surface area contributed by atoms with Crippen molar-refractivity contribution in [3.05, 3.63) is 47.8 Å². The van der Waals surface area contributed by atoms with Crippen molar-refractivity contribution in [2.75, 3.05) is 11.9 Å². The zero-order valence-corrected chi connectivity index (χ0v) is 13.0. The van der Waals surface area contributed by atoms with E-state index in [1.807, 2.05) is 0 Å². The van der Waals surface area contributed by atoms with Gasteiger partial charge >= 0.3 is 0 Å². The molecule has 0 radical (unpaired) electrons. The largest absolute Gasteiger partial charge is 0.355 e. The summed E-state index contributed by atoms with van der Waals surface area (Å²) in [6, 6.07) is 11.3. The topological polar surface area (TPSA) is 29.9 Å². The van der Waals surface area contributed by atoms with Gasteiger partial charge in [0.25, 0.3) is 0 Å². The number of hydrogen-bond donors (Lipinski definition) is 1. The summed E-state index contributed by atoms with van der Waals surface area (Å²) >= 11 is 0. The monoisotopic (exact) mass is 283 g/mol. The third-order valence-corrected chi connectivity index (χ3v) is 4.51. The summed E-state index contributed by atoms with van der Waals surface area (Å²) in [7, 11) is 0. The van der Waals surface area contributed by atoms with Gasteiger partial charge in [-0.15, -0.1) is 0 Å². The predicted molar refractivity (Wildman–Crippen MR) is 87.8 cm³/mol. The number of rotatable bonds is 5. The van der Waals surface area contributed by atoms with E-state index in [1.165, 1.54) is 31.2 Å². The molecule has 0 amide bonds. The molecule has 1 unspecified atom stereocenters. The van der Waals surface area contributed by atoms with E-state index in [0.717, 1.165) is 18.2 Å². The fraction of sp³-hybridized carbons (Fsp3) is 0.500. The Balaban J connectivity index is 1.67. The molecular formula is C18H25N3. The van der Waals surface area contributed by atoms with E-state index < -0.39 is 0 Å². The lowest BCUT2D eigenvalue weighted by Gasteiger charge is -2.18. The Morgan fingerprint density at radius 3 is 2.67 bits per heavy atom. The van der Waals surface area contributed by atoms with Crippen molar-refractivity contribution in [2.45, 2.75) is 51.5 Å². The Morgan fingerprint density at radius 1 is 1.24 bits per heavy atom. The van der Waals surface area contributed by atoms with Crippen molar-refractivity contribution < 1.29 is 0 Å². The van der Waals surface area contributed by atoms with Gasteiger partial charge in [-0.3, -0.25) is 0 Å². The summed E-state index contributed by atoms with van der Waals surface area (Å²) < 4.78 is 2.36. The maximum Gasteiger partial charge on any atom is 0.203 e. The van der Waals surface area contributed by atoms with Crippen LogP contribution in [0.2, 0.25) is 0 Å². The standard InChI is InChI=1S/C18H25N3/c1-14(16-8-4-3-5-9-16)12-19-18-20-15(2)13-21(18)17-10-6-7-11-17/h3-5,8-9,13-14,17H,6-7,10-12H2,1-2H3,(H,19,20). The first-order chi connectivity index (χ1) is 10.2. The second-order valence-corrected chi connectivity index (χ2v) is 6.24. The highest BCUT2D eigenvalue weighted by Crippen LogP contribution is 2.32. The molecule has 112 valence electrons. The summed E-state index contributed by atoms with van der Waals surface area (Å²) in [5.74, 6) is 1.53. The Kier molecular flexibility index (Phi) is 4.28. The van der Waals surface area contributed by atoms with E-state index >= 15 is 0 Å². The van der Waals surface area contributed by atoms with Gasteiger partial charge in [0, 0.05) is 18.8 Å². The second kappa shape index (κ2) is 6.33. The van der Waals surface area contributed by atoms with Crippen LogP contribution < -0.4 is 5.32 Å². The summed E-state index contributed by atoms with van der Waals surface area (Å²) in [5, 5.41) is 3.56. The molecular weight excluding hydrogens is 258 g/mol. The number of aromatic nitrogens is 2. The average molecular weight is 283 g/mol. The maximum absolute atomic E-state index is 4.67. The van der Waals surface area contributed by atoms with Crippen LogP contribution in [0.5, 0.6) is 0 Å². The molecule has 1 saturated carbocycles. The molecule has 0 spiro atoms. The lowest BCUT2D eigenvalue weighted by atomic mass is 10.0. The second-order valence-electron chi connectivity index (χ2n) is 6.24. The van der Waals surface area contributed by atoms with Crippen LogP contribution >= 0.6 is 0 Å². The third-order valence-electron chi connectivity index (χ3n) is 4.51. The van der Waals surface area contributed by atoms with Crippen LogP contribution in [0.25, 0.3) is 0 Å². The van der Waals surface area contributed by atoms with Gasteiger partial charge in [-0.1, -0.05) is 50.1 Å². The average Bonchev–Trinajstić information content (AvgIpc) is 3.14. The van der Waals surface area contributed by atoms with E-state index in [-0.39, 0.29) is 0 Å². The number of hydrogen-bond acceptors (Lipinski definition) is 2. The summed E-state index contributed by atoms with van der Waals surface area (Å²) in [6.07, 6.45) is 7.48. The Bertz CT molecular complexity index is 567. The molecule has 2 aromatic rings. The number of anilines is 1. The SMILES string of the molecule is Cc1cn(C2CCCC2)c(NCC(C)c2ccccc2)n1. The Labute approximate surface area is 127 Å². The van der Waals surface area contributed by atoms with Crippen LogP contribution in [0.3, 0.4) is 0 Å². The van der Waals surface area contributed by atoms with Crippen LogP contribution in [-0.4, -0.2) is 16.1 Å². The number of aryl methyl sites for hydroxylation is 1. The first-order valence-corrected chi connectivity index (χ1v) is 8.08. The number of imidazole rings is 1. The van der Waals surface area contributed by atoms with Crippen LogP contribution in [0.4, 0.5) is 5.95 Å². The van der Waals surface area contributed by atoms with Gasteiger partial charge in [0.15, 0.2) is 0 Å². The van der Waals surface area contributed by atoms with Gasteiger partial charge in [0.1, 0.15) is 0 Å². The normalized spacial score (nSPS) is 17.0. The molecule has 1 aromatic carbocycles. The lowest BCUT2D eigenvalue weighted by molar-refractivity contribution is 0.522. The summed E-state index contributed by atoms with van der Waals surface area (Å²) in [5.41, 5.74) is 2.48. The molecule has 1 aliphatic carbocycles. The molecule has 1 aromatic heterocycles. The number of nitrogens with zero attached hydrogens (tertiary/aromatic N) is 2. The van der Waals surface area contributed by atoms with Gasteiger partial charge in [-0.25, -0.2) is 4.98 Å². The third kappa shape index (κ3) is 3.29. The zero-order chi connectivity index (χ0) is 14.7. The van der Waals surface area contributed by atoms with E-state index in [4.69, 9.17) is 0 Å². The van der Waals surface area contributed by atoms with Gasteiger partial charge in [-0.2, -0.15) is 0 Å². The van der Waals surface area contributed by atoms with E-state index in [2.05, 4.69) is 65.2 Å². The van der Waals surface area contributed by atoms with Crippen molar-refractivity contribution in [1.82, 2.24) is 9.55 Å². The smallest absolute Gasteiger partial charge is 0.203 e. The molecule has 3 rings (SSSR count). The van der Waals surface area contributed by atoms with Gasteiger partial charge in [0.2, 0.25) is 5.95 Å². The minimum atomic E-state index is 0.486. The zero-order valence-electron chi connectivity index (χ0n) is 13.0. The fourth-order valence-electron chi connectivity index (χ4n) is 3.25. The van der Waals surface area contributed by atoms with Crippen LogP contribution in [0.1, 0.15) is 55.8 Å². The molecule has 1 atom stereocenters. The molecule has 1 aliphatic rings. The Morgan fingerprint density at radius 2 is 1.95 bits per heavy atom. The van der Waals surface area contributed by atoms with Crippen molar-refractivity contribution in [3.63, 3.8) is 0 Å². The fourth-order valence-corrected chi connectivity index (χ4v) is 3.25. The number of nitrogens with one attached hydrogen (secondary N) is 1. The van der Waals surface area contributed by atoms with Gasteiger partial charge in [-0.05, 0) is 31.2 Å². The van der Waals surface area contributed by atoms with E-state index in [9.17, 15) is 0 Å². The molecule has 1 N–H and O–H groups in total. The number of benzene rings is 1. The molecule has 1 heterocycles. The van der Waals surface area contributed by atoms with E-state index in [0.29, 0.717) is 12.0 Å². The highest BCUT2D eigenvalue weighted by Gasteiger charge is 2.20. The highest BCUT2D eigenvalue weighted by atomic mass is 15.2. The van der Waals surface area contributed by atoms with Crippen molar-refractivity contribution >= 4 is 5.95 Å². The van der Waals surface area contributed by atoms with Crippen molar-refractivity contribution in [2.24, 2.45) is 0 Å². The Hall–Kier alpha value is -1.77. The first-order valence-electron chi connectivity index (χ1n) is 8.08. The minimum Gasteiger partial charge on any atom is -0.355 e. The highest BCUT2D eigenvalue weighted by molar-refractivity contribution is 5.31. The van der Waals surface area contributed by atoms with Gasteiger partial charge in [0.05, 0.1) is 5.69 Å². The minimum absolute atomic E-state index is 0.486. The van der Waals surface area contributed by atoms with E-state index in [1.54, 1.807) is 0 Å². The van der Waals surface area contributed by atoms with Crippen LogP contribution in [0, 0.1) is 6.92 Å². The van der Waals surface area contributed by atoms with Crippen LogP contribution in [0.15, 0.2) is 36.5 Å².